The molecule has 0 saturated heterocycles. The van der Waals surface area contributed by atoms with E-state index in [0.717, 1.165) is 26.6 Å². The molecule has 2 heterocycles. The molecule has 0 aliphatic heterocycles. The van der Waals surface area contributed by atoms with Crippen molar-refractivity contribution in [1.82, 2.24) is 15.0 Å². The molecule has 4 aromatic rings. The number of rotatable bonds is 3. The van der Waals surface area contributed by atoms with Crippen LogP contribution in [0.25, 0.3) is 22.3 Å². The molecule has 0 amide bonds. The molecule has 122 valence electrons. The molecule has 0 saturated carbocycles. The summed E-state index contributed by atoms with van der Waals surface area (Å²) in [7, 11) is 0. The van der Waals surface area contributed by atoms with Crippen LogP contribution >= 0.6 is 27.5 Å². The lowest BCUT2D eigenvalue weighted by Crippen LogP contribution is -1.98. The van der Waals surface area contributed by atoms with Crippen LogP contribution in [0.5, 0.6) is 0 Å². The zero-order valence-electron chi connectivity index (χ0n) is 12.9. The van der Waals surface area contributed by atoms with Gasteiger partial charge in [-0.25, -0.2) is 9.97 Å². The highest BCUT2D eigenvalue weighted by Crippen LogP contribution is 2.28. The maximum Gasteiger partial charge on any atom is 0.161 e. The number of aromatic nitrogens is 3. The fourth-order valence-corrected chi connectivity index (χ4v) is 2.99. The topological polar surface area (TPSA) is 50.7 Å². The monoisotopic (exact) mass is 410 g/mol. The van der Waals surface area contributed by atoms with Crippen molar-refractivity contribution in [3.05, 3.63) is 76.5 Å². The third kappa shape index (κ3) is 3.48. The van der Waals surface area contributed by atoms with Crippen LogP contribution < -0.4 is 5.32 Å². The van der Waals surface area contributed by atoms with Gasteiger partial charge < -0.3 is 5.32 Å². The molecular formula is C19H12BrClN4. The van der Waals surface area contributed by atoms with Gasteiger partial charge in [0.05, 0.1) is 9.99 Å². The van der Waals surface area contributed by atoms with Crippen LogP contribution in [0.4, 0.5) is 11.5 Å². The van der Waals surface area contributed by atoms with Crippen molar-refractivity contribution in [2.45, 2.75) is 0 Å². The minimum atomic E-state index is 0.607. The van der Waals surface area contributed by atoms with Crippen molar-refractivity contribution < 1.29 is 0 Å². The number of fused-ring (bicyclic) bond motifs is 1. The molecule has 0 radical (unpaired) electrons. The van der Waals surface area contributed by atoms with Gasteiger partial charge in [-0.05, 0) is 52.3 Å². The number of benzene rings is 2. The van der Waals surface area contributed by atoms with Gasteiger partial charge in [-0.1, -0.05) is 29.8 Å². The Hall–Kier alpha value is -2.50. The highest BCUT2D eigenvalue weighted by Gasteiger charge is 2.08. The number of anilines is 2. The number of nitrogens with zero attached hydrogens (tertiary/aromatic N) is 3. The molecule has 4 rings (SSSR count). The van der Waals surface area contributed by atoms with Crippen LogP contribution in [0.1, 0.15) is 0 Å². The van der Waals surface area contributed by atoms with Crippen LogP contribution in [-0.4, -0.2) is 15.0 Å². The Kier molecular flexibility index (Phi) is 4.34. The van der Waals surface area contributed by atoms with E-state index in [-0.39, 0.29) is 0 Å². The van der Waals surface area contributed by atoms with E-state index in [4.69, 9.17) is 11.6 Å². The Morgan fingerprint density at radius 3 is 2.76 bits per heavy atom. The zero-order chi connectivity index (χ0) is 17.2. The van der Waals surface area contributed by atoms with E-state index in [1.165, 1.54) is 0 Å². The maximum absolute atomic E-state index is 6.06. The first-order valence-electron chi connectivity index (χ1n) is 7.59. The lowest BCUT2D eigenvalue weighted by atomic mass is 10.2. The second-order valence-corrected chi connectivity index (χ2v) is 6.73. The van der Waals surface area contributed by atoms with Crippen molar-refractivity contribution in [3.63, 3.8) is 0 Å². The van der Waals surface area contributed by atoms with E-state index in [1.807, 2.05) is 54.6 Å². The maximum atomic E-state index is 6.06. The van der Waals surface area contributed by atoms with Crippen molar-refractivity contribution in [2.24, 2.45) is 0 Å². The number of pyridine rings is 1. The van der Waals surface area contributed by atoms with Crippen LogP contribution in [0, 0.1) is 0 Å². The van der Waals surface area contributed by atoms with Gasteiger partial charge in [0.1, 0.15) is 5.82 Å². The number of hydrogen-bond acceptors (Lipinski definition) is 4. The second-order valence-electron chi connectivity index (χ2n) is 5.44. The third-order valence-corrected chi connectivity index (χ3v) is 4.51. The Morgan fingerprint density at radius 1 is 0.960 bits per heavy atom. The highest BCUT2D eigenvalue weighted by molar-refractivity contribution is 9.10. The zero-order valence-corrected chi connectivity index (χ0v) is 15.3. The second kappa shape index (κ2) is 6.78. The first-order chi connectivity index (χ1) is 12.2. The van der Waals surface area contributed by atoms with Crippen molar-refractivity contribution in [3.8, 4) is 11.4 Å². The van der Waals surface area contributed by atoms with Crippen LogP contribution in [0.3, 0.4) is 0 Å². The summed E-state index contributed by atoms with van der Waals surface area (Å²) in [6, 6.07) is 17.4. The molecule has 2 aromatic heterocycles. The van der Waals surface area contributed by atoms with Gasteiger partial charge in [-0.3, -0.25) is 4.98 Å². The number of halogens is 2. The van der Waals surface area contributed by atoms with Crippen molar-refractivity contribution in [2.75, 3.05) is 5.32 Å². The number of hydrogen-bond donors (Lipinski definition) is 1. The average Bonchev–Trinajstić information content (AvgIpc) is 2.63. The predicted molar refractivity (Wildman–Crippen MR) is 105 cm³/mol. The minimum absolute atomic E-state index is 0.607. The Bertz CT molecular complexity index is 1070. The van der Waals surface area contributed by atoms with Gasteiger partial charge in [-0.2, -0.15) is 0 Å². The van der Waals surface area contributed by atoms with Crippen molar-refractivity contribution in [1.29, 1.82) is 0 Å². The van der Waals surface area contributed by atoms with E-state index in [2.05, 4.69) is 36.2 Å². The van der Waals surface area contributed by atoms with Crippen LogP contribution in [0.2, 0.25) is 5.02 Å². The molecule has 0 atom stereocenters. The van der Waals surface area contributed by atoms with E-state index < -0.39 is 0 Å². The lowest BCUT2D eigenvalue weighted by Gasteiger charge is -2.10. The summed E-state index contributed by atoms with van der Waals surface area (Å²) in [6.45, 7) is 0. The van der Waals surface area contributed by atoms with Crippen molar-refractivity contribution >= 4 is 49.9 Å². The highest BCUT2D eigenvalue weighted by atomic mass is 79.9. The predicted octanol–water partition coefficient (Wildman–Crippen LogP) is 5.85. The molecule has 4 nitrogen and oxygen atoms in total. The van der Waals surface area contributed by atoms with E-state index in [0.29, 0.717) is 16.7 Å². The summed E-state index contributed by atoms with van der Waals surface area (Å²) >= 11 is 9.56. The molecule has 2 aromatic carbocycles. The Balaban J connectivity index is 1.70. The molecule has 0 fully saturated rings. The van der Waals surface area contributed by atoms with E-state index in [1.54, 1.807) is 12.4 Å². The van der Waals surface area contributed by atoms with Gasteiger partial charge in [0, 0.05) is 34.1 Å². The first-order valence-corrected chi connectivity index (χ1v) is 8.76. The summed E-state index contributed by atoms with van der Waals surface area (Å²) in [4.78, 5) is 13.3. The molecule has 0 aliphatic rings. The van der Waals surface area contributed by atoms with Crippen LogP contribution in [0.15, 0.2) is 71.5 Å². The van der Waals surface area contributed by atoms with Gasteiger partial charge in [0.25, 0.3) is 0 Å². The summed E-state index contributed by atoms with van der Waals surface area (Å²) in [5, 5.41) is 5.05. The first kappa shape index (κ1) is 16.0. The third-order valence-electron chi connectivity index (χ3n) is 3.69. The summed E-state index contributed by atoms with van der Waals surface area (Å²) in [5.41, 5.74) is 2.75. The SMILES string of the molecule is Clc1cccc(-c2ncc(Br)c(Nc3ccc4ncccc4c3)n2)c1. The molecule has 1 N–H and O–H groups in total. The minimum Gasteiger partial charge on any atom is -0.339 e. The standard InChI is InChI=1S/C19H12BrClN4/c20-16-11-23-18(13-3-1-5-14(21)9-13)25-19(16)24-15-6-7-17-12(10-15)4-2-8-22-17/h1-11H,(H,23,24,25). The largest absolute Gasteiger partial charge is 0.339 e. The fraction of sp³-hybridized carbons (Fsp3) is 0. The summed E-state index contributed by atoms with van der Waals surface area (Å²) in [6.07, 6.45) is 3.52. The quantitative estimate of drug-likeness (QED) is 0.459. The molecule has 0 aliphatic carbocycles. The number of nitrogens with one attached hydrogen (secondary N) is 1. The molecule has 6 heteroatoms. The normalized spacial score (nSPS) is 10.8. The van der Waals surface area contributed by atoms with Gasteiger partial charge in [-0.15, -0.1) is 0 Å². The van der Waals surface area contributed by atoms with E-state index >= 15 is 0 Å². The van der Waals surface area contributed by atoms with Gasteiger partial charge >= 0.3 is 0 Å². The van der Waals surface area contributed by atoms with Gasteiger partial charge in [0.15, 0.2) is 5.82 Å². The summed E-state index contributed by atoms with van der Waals surface area (Å²) in [5.74, 6) is 1.30. The average molecular weight is 412 g/mol. The van der Waals surface area contributed by atoms with Crippen LogP contribution in [-0.2, 0) is 0 Å². The smallest absolute Gasteiger partial charge is 0.161 e. The summed E-state index contributed by atoms with van der Waals surface area (Å²) < 4.78 is 0.782. The Labute approximate surface area is 158 Å². The van der Waals surface area contributed by atoms with E-state index in [9.17, 15) is 0 Å². The molecule has 25 heavy (non-hydrogen) atoms. The Morgan fingerprint density at radius 2 is 1.88 bits per heavy atom. The van der Waals surface area contributed by atoms with Gasteiger partial charge in [0.2, 0.25) is 0 Å². The molecule has 0 unspecified atom stereocenters. The lowest BCUT2D eigenvalue weighted by molar-refractivity contribution is 1.16. The molecule has 0 spiro atoms. The molecule has 0 bridgehead atoms. The fourth-order valence-electron chi connectivity index (χ4n) is 2.51. The molecular weight excluding hydrogens is 400 g/mol.